The lowest BCUT2D eigenvalue weighted by atomic mass is 10.1. The van der Waals surface area contributed by atoms with Crippen LogP contribution in [0.4, 0.5) is 5.69 Å². The van der Waals surface area contributed by atoms with Crippen LogP contribution in [-0.4, -0.2) is 34.8 Å². The smallest absolute Gasteiger partial charge is 0.244 e. The summed E-state index contributed by atoms with van der Waals surface area (Å²) in [6.07, 6.45) is 0. The van der Waals surface area contributed by atoms with Crippen molar-refractivity contribution in [3.8, 4) is 5.75 Å². The number of benzene rings is 1. The zero-order chi connectivity index (χ0) is 14.7. The Hall–Kier alpha value is -1.31. The quantitative estimate of drug-likeness (QED) is 0.761. The summed E-state index contributed by atoms with van der Waals surface area (Å²) in [7, 11) is -0.822. The predicted octanol–water partition coefficient (Wildman–Crippen LogP) is 0.981. The van der Waals surface area contributed by atoms with Crippen molar-refractivity contribution >= 4 is 15.7 Å². The van der Waals surface area contributed by atoms with Crippen LogP contribution >= 0.6 is 0 Å². The molecule has 108 valence electrons. The fourth-order valence-electron chi connectivity index (χ4n) is 1.71. The van der Waals surface area contributed by atoms with Gasteiger partial charge in [0.1, 0.15) is 10.6 Å². The van der Waals surface area contributed by atoms with Crippen molar-refractivity contribution in [1.82, 2.24) is 4.72 Å². The van der Waals surface area contributed by atoms with Crippen LogP contribution < -0.4 is 15.2 Å². The van der Waals surface area contributed by atoms with E-state index in [9.17, 15) is 8.42 Å². The highest BCUT2D eigenvalue weighted by Gasteiger charge is 2.28. The van der Waals surface area contributed by atoms with Crippen molar-refractivity contribution in [2.24, 2.45) is 0 Å². The van der Waals surface area contributed by atoms with E-state index in [2.05, 4.69) is 4.72 Å². The second-order valence-corrected chi connectivity index (χ2v) is 6.48. The molecule has 3 N–H and O–H groups in total. The maximum atomic E-state index is 12.4. The Balaban J connectivity index is 3.17. The molecule has 1 aromatic carbocycles. The number of anilines is 1. The van der Waals surface area contributed by atoms with Crippen LogP contribution in [-0.2, 0) is 14.8 Å². The Bertz CT molecular complexity index is 541. The molecule has 1 rings (SSSR count). The highest BCUT2D eigenvalue weighted by atomic mass is 32.2. The van der Waals surface area contributed by atoms with Gasteiger partial charge in [0.15, 0.2) is 0 Å². The monoisotopic (exact) mass is 288 g/mol. The van der Waals surface area contributed by atoms with Crippen LogP contribution in [0.15, 0.2) is 23.1 Å². The number of hydrogen-bond acceptors (Lipinski definition) is 5. The lowest BCUT2D eigenvalue weighted by Gasteiger charge is -2.25. The molecular formula is C12H20N2O4S. The summed E-state index contributed by atoms with van der Waals surface area (Å²) in [5.74, 6) is 0.245. The number of methoxy groups -OCH3 is 2. The second-order valence-electron chi connectivity index (χ2n) is 4.83. The Morgan fingerprint density at radius 2 is 1.95 bits per heavy atom. The molecule has 0 heterocycles. The van der Waals surface area contributed by atoms with Crippen molar-refractivity contribution in [2.75, 3.05) is 26.6 Å². The molecule has 0 unspecified atom stereocenters. The number of sulfonamides is 1. The van der Waals surface area contributed by atoms with E-state index >= 15 is 0 Å². The summed E-state index contributed by atoms with van der Waals surface area (Å²) in [5, 5.41) is 0. The van der Waals surface area contributed by atoms with E-state index in [4.69, 9.17) is 15.2 Å². The molecule has 0 aliphatic heterocycles. The molecule has 0 spiro atoms. The lowest BCUT2D eigenvalue weighted by molar-refractivity contribution is 0.141. The SMILES string of the molecule is COCC(C)(C)NS(=O)(=O)c1cc(N)ccc1OC. The largest absolute Gasteiger partial charge is 0.495 e. The molecule has 0 radical (unpaired) electrons. The normalized spacial score (nSPS) is 12.4. The van der Waals surface area contributed by atoms with Gasteiger partial charge in [-0.15, -0.1) is 0 Å². The van der Waals surface area contributed by atoms with Gasteiger partial charge >= 0.3 is 0 Å². The summed E-state index contributed by atoms with van der Waals surface area (Å²) in [4.78, 5) is 0.0131. The molecular weight excluding hydrogens is 268 g/mol. The number of nitrogens with two attached hydrogens (primary N) is 1. The Kier molecular flexibility index (Phi) is 4.78. The maximum Gasteiger partial charge on any atom is 0.244 e. The number of hydrogen-bond donors (Lipinski definition) is 2. The van der Waals surface area contributed by atoms with E-state index in [0.717, 1.165) is 0 Å². The highest BCUT2D eigenvalue weighted by molar-refractivity contribution is 7.89. The third kappa shape index (κ3) is 4.09. The zero-order valence-corrected chi connectivity index (χ0v) is 12.4. The molecule has 0 fully saturated rings. The summed E-state index contributed by atoms with van der Waals surface area (Å²) in [5.41, 5.74) is 5.25. The zero-order valence-electron chi connectivity index (χ0n) is 11.6. The second kappa shape index (κ2) is 5.77. The van der Waals surface area contributed by atoms with Gasteiger partial charge in [-0.2, -0.15) is 0 Å². The Morgan fingerprint density at radius 1 is 1.32 bits per heavy atom. The molecule has 6 nitrogen and oxygen atoms in total. The molecule has 0 aliphatic rings. The molecule has 19 heavy (non-hydrogen) atoms. The van der Waals surface area contributed by atoms with Gasteiger partial charge in [0, 0.05) is 12.8 Å². The third-order valence-electron chi connectivity index (χ3n) is 2.39. The van der Waals surface area contributed by atoms with Crippen molar-refractivity contribution in [1.29, 1.82) is 0 Å². The van der Waals surface area contributed by atoms with Crippen LogP contribution in [0.25, 0.3) is 0 Å². The molecule has 0 atom stereocenters. The van der Waals surface area contributed by atoms with Crippen LogP contribution in [0.3, 0.4) is 0 Å². The molecule has 0 bridgehead atoms. The van der Waals surface area contributed by atoms with Crippen molar-refractivity contribution < 1.29 is 17.9 Å². The van der Waals surface area contributed by atoms with Crippen LogP contribution in [0.2, 0.25) is 0 Å². The minimum atomic E-state index is -3.74. The van der Waals surface area contributed by atoms with Crippen LogP contribution in [0.1, 0.15) is 13.8 Å². The summed E-state index contributed by atoms with van der Waals surface area (Å²) in [6, 6.07) is 4.47. The highest BCUT2D eigenvalue weighted by Crippen LogP contribution is 2.26. The molecule has 0 amide bonds. The van der Waals surface area contributed by atoms with E-state index in [-0.39, 0.29) is 17.3 Å². The van der Waals surface area contributed by atoms with Crippen molar-refractivity contribution in [3.05, 3.63) is 18.2 Å². The van der Waals surface area contributed by atoms with Crippen LogP contribution in [0, 0.1) is 0 Å². The average Bonchev–Trinajstić information content (AvgIpc) is 2.27. The van der Waals surface area contributed by atoms with E-state index in [0.29, 0.717) is 5.69 Å². The topological polar surface area (TPSA) is 90.7 Å². The molecule has 1 aromatic rings. The van der Waals surface area contributed by atoms with Gasteiger partial charge in [-0.3, -0.25) is 0 Å². The number of nitrogen functional groups attached to an aromatic ring is 1. The van der Waals surface area contributed by atoms with Crippen LogP contribution in [0.5, 0.6) is 5.75 Å². The van der Waals surface area contributed by atoms with Gasteiger partial charge in [-0.25, -0.2) is 13.1 Å². The van der Waals surface area contributed by atoms with Gasteiger partial charge < -0.3 is 15.2 Å². The fourth-order valence-corrected chi connectivity index (χ4v) is 3.32. The molecule has 0 aliphatic carbocycles. The van der Waals surface area contributed by atoms with E-state index in [1.165, 1.54) is 26.4 Å². The summed E-state index contributed by atoms with van der Waals surface area (Å²) >= 11 is 0. The molecule has 0 saturated carbocycles. The number of nitrogens with one attached hydrogen (secondary N) is 1. The lowest BCUT2D eigenvalue weighted by Crippen LogP contribution is -2.46. The number of ether oxygens (including phenoxy) is 2. The summed E-state index contributed by atoms with van der Waals surface area (Å²) in [6.45, 7) is 3.70. The number of rotatable bonds is 6. The molecule has 0 saturated heterocycles. The first-order valence-electron chi connectivity index (χ1n) is 5.68. The van der Waals surface area contributed by atoms with Gasteiger partial charge in [0.25, 0.3) is 0 Å². The van der Waals surface area contributed by atoms with E-state index < -0.39 is 15.6 Å². The van der Waals surface area contributed by atoms with E-state index in [1.807, 2.05) is 0 Å². The van der Waals surface area contributed by atoms with Gasteiger partial charge in [-0.05, 0) is 32.0 Å². The molecule has 7 heteroatoms. The molecule has 0 aromatic heterocycles. The van der Waals surface area contributed by atoms with Gasteiger partial charge in [-0.1, -0.05) is 0 Å². The Morgan fingerprint density at radius 3 is 2.47 bits per heavy atom. The first kappa shape index (κ1) is 15.7. The minimum absolute atomic E-state index is 0.0131. The first-order valence-corrected chi connectivity index (χ1v) is 7.16. The summed E-state index contributed by atoms with van der Waals surface area (Å²) < 4.78 is 37.3. The Labute approximate surface area is 113 Å². The maximum absolute atomic E-state index is 12.4. The predicted molar refractivity (Wildman–Crippen MR) is 73.7 cm³/mol. The standard InChI is InChI=1S/C12H20N2O4S/c1-12(2,8-17-3)14-19(15,16)11-7-9(13)5-6-10(11)18-4/h5-7,14H,8,13H2,1-4H3. The van der Waals surface area contributed by atoms with Gasteiger partial charge in [0.05, 0.1) is 19.3 Å². The van der Waals surface area contributed by atoms with E-state index in [1.54, 1.807) is 19.9 Å². The van der Waals surface area contributed by atoms with Crippen molar-refractivity contribution in [2.45, 2.75) is 24.3 Å². The first-order chi connectivity index (χ1) is 8.72. The van der Waals surface area contributed by atoms with Gasteiger partial charge in [0.2, 0.25) is 10.0 Å². The fraction of sp³-hybridized carbons (Fsp3) is 0.500. The third-order valence-corrected chi connectivity index (χ3v) is 4.11. The average molecular weight is 288 g/mol. The minimum Gasteiger partial charge on any atom is -0.495 e. The van der Waals surface area contributed by atoms with Crippen molar-refractivity contribution in [3.63, 3.8) is 0 Å².